The van der Waals surface area contributed by atoms with Gasteiger partial charge in [-0.15, -0.1) is 4.72 Å². The lowest BCUT2D eigenvalue weighted by atomic mass is 9.72. The molecule has 2 atom stereocenters. The highest BCUT2D eigenvalue weighted by atomic mass is 32.2. The molecule has 9 heteroatoms. The first kappa shape index (κ1) is 26.8. The number of para-hydroxylation sites is 1. The lowest BCUT2D eigenvalue weighted by molar-refractivity contribution is 0.179. The Labute approximate surface area is 248 Å². The second kappa shape index (κ2) is 10.3. The van der Waals surface area contributed by atoms with Gasteiger partial charge in [0.2, 0.25) is 5.95 Å². The highest BCUT2D eigenvalue weighted by molar-refractivity contribution is 7.99. The van der Waals surface area contributed by atoms with Gasteiger partial charge >= 0.3 is 0 Å². The van der Waals surface area contributed by atoms with E-state index in [0.29, 0.717) is 0 Å². The van der Waals surface area contributed by atoms with Crippen molar-refractivity contribution < 1.29 is 4.55 Å². The minimum absolute atomic E-state index is 0.0351. The summed E-state index contributed by atoms with van der Waals surface area (Å²) in [6.07, 6.45) is 10.7. The molecule has 2 aliphatic rings. The Kier molecular flexibility index (Phi) is 6.73. The molecule has 1 fully saturated rings. The number of pyridine rings is 1. The first-order valence-corrected chi connectivity index (χ1v) is 16.1. The van der Waals surface area contributed by atoms with Crippen molar-refractivity contribution in [3.05, 3.63) is 90.5 Å². The van der Waals surface area contributed by atoms with Gasteiger partial charge in [-0.1, -0.05) is 54.2 Å². The van der Waals surface area contributed by atoms with Crippen LogP contribution < -0.4 is 9.62 Å². The zero-order valence-electron chi connectivity index (χ0n) is 23.6. The summed E-state index contributed by atoms with van der Waals surface area (Å²) in [4.78, 5) is 18.7. The summed E-state index contributed by atoms with van der Waals surface area (Å²) in [6, 6.07) is 19.1. The Hall–Kier alpha value is -3.11. The van der Waals surface area contributed by atoms with Crippen molar-refractivity contribution in [2.45, 2.75) is 60.6 Å². The summed E-state index contributed by atoms with van der Waals surface area (Å²) in [7, 11) is 0. The minimum Gasteiger partial charge on any atom is -0.598 e. The summed E-state index contributed by atoms with van der Waals surface area (Å²) >= 11 is 0.494. The van der Waals surface area contributed by atoms with Crippen molar-refractivity contribution in [2.75, 3.05) is 18.0 Å². The molecule has 41 heavy (non-hydrogen) atoms. The van der Waals surface area contributed by atoms with E-state index in [1.165, 1.54) is 11.1 Å². The second-order valence-electron chi connectivity index (χ2n) is 12.2. The normalized spacial score (nSPS) is 19.2. The van der Waals surface area contributed by atoms with E-state index in [4.69, 9.17) is 9.97 Å². The Bertz CT molecular complexity index is 1700. The van der Waals surface area contributed by atoms with E-state index in [1.54, 1.807) is 11.8 Å². The number of nitrogens with zero attached hydrogens (tertiary/aromatic N) is 5. The third-order valence-electron chi connectivity index (χ3n) is 8.52. The number of piperidine rings is 1. The van der Waals surface area contributed by atoms with E-state index < -0.39 is 11.4 Å². The van der Waals surface area contributed by atoms with Crippen LogP contribution >= 0.6 is 11.8 Å². The molecule has 1 aliphatic carbocycles. The van der Waals surface area contributed by atoms with Crippen LogP contribution in [0.15, 0.2) is 89.2 Å². The molecule has 2 aromatic carbocycles. The molecule has 1 saturated heterocycles. The molecule has 0 amide bonds. The first-order valence-electron chi connectivity index (χ1n) is 14.1. The molecule has 0 radical (unpaired) electrons. The van der Waals surface area contributed by atoms with Crippen molar-refractivity contribution in [2.24, 2.45) is 5.41 Å². The molecule has 1 spiro atoms. The SMILES string of the molecule is CC(C)(C)[S+]([O-])NC1CN(c2ncc(Sc3ccnc4ccccc34)c3nccn23)CCC12Cc1ccccc1C2. The second-order valence-corrected chi connectivity index (χ2v) is 15.3. The largest absolute Gasteiger partial charge is 0.598 e. The van der Waals surface area contributed by atoms with Crippen LogP contribution in [0.1, 0.15) is 38.3 Å². The minimum atomic E-state index is -1.18. The third kappa shape index (κ3) is 4.88. The molecule has 0 saturated carbocycles. The van der Waals surface area contributed by atoms with Crippen LogP contribution in [0.25, 0.3) is 16.6 Å². The molecule has 210 valence electrons. The maximum Gasteiger partial charge on any atom is 0.211 e. The summed E-state index contributed by atoms with van der Waals surface area (Å²) < 4.78 is 18.8. The van der Waals surface area contributed by atoms with Crippen LogP contribution in [0.4, 0.5) is 5.95 Å². The Balaban J connectivity index is 1.20. The quantitative estimate of drug-likeness (QED) is 0.261. The molecule has 7 rings (SSSR count). The summed E-state index contributed by atoms with van der Waals surface area (Å²) in [5, 5.41) is 1.12. The molecular weight excluding hydrogens is 549 g/mol. The molecule has 2 unspecified atom stereocenters. The molecule has 1 aliphatic heterocycles. The standard InChI is InChI=1S/C32H34N6OS2/c1-31(2,3)41(39)36-28-21-37(16-13-32(28)18-22-8-4-5-9-23(22)19-32)30-35-20-27(29-34-15-17-38(29)30)40-26-12-14-33-25-11-7-6-10-24(25)26/h4-12,14-15,17,20,28,36H,13,16,18-19,21H2,1-3H3. The molecular formula is C32H34N6OS2. The fourth-order valence-electron chi connectivity index (χ4n) is 6.30. The highest BCUT2D eigenvalue weighted by Crippen LogP contribution is 2.46. The van der Waals surface area contributed by atoms with Gasteiger partial charge in [0.15, 0.2) is 5.65 Å². The Morgan fingerprint density at radius 2 is 1.71 bits per heavy atom. The van der Waals surface area contributed by atoms with Crippen LogP contribution in [0.5, 0.6) is 0 Å². The number of aromatic nitrogens is 4. The molecule has 7 nitrogen and oxygen atoms in total. The maximum absolute atomic E-state index is 13.4. The lowest BCUT2D eigenvalue weighted by Crippen LogP contribution is -2.61. The molecule has 1 N–H and O–H groups in total. The Morgan fingerprint density at radius 3 is 2.49 bits per heavy atom. The highest BCUT2D eigenvalue weighted by Gasteiger charge is 2.50. The van der Waals surface area contributed by atoms with Crippen LogP contribution in [-0.4, -0.2) is 47.8 Å². The van der Waals surface area contributed by atoms with Gasteiger partial charge in [0.25, 0.3) is 0 Å². The van der Waals surface area contributed by atoms with Gasteiger partial charge in [-0.2, -0.15) is 0 Å². The van der Waals surface area contributed by atoms with Gasteiger partial charge in [0, 0.05) is 64.9 Å². The number of benzene rings is 2. The van der Waals surface area contributed by atoms with E-state index >= 15 is 0 Å². The van der Waals surface area contributed by atoms with Gasteiger partial charge < -0.3 is 9.45 Å². The van der Waals surface area contributed by atoms with E-state index in [1.807, 2.05) is 63.8 Å². The number of hydrogen-bond donors (Lipinski definition) is 1. The predicted molar refractivity (Wildman–Crippen MR) is 167 cm³/mol. The van der Waals surface area contributed by atoms with Crippen molar-refractivity contribution in [3.63, 3.8) is 0 Å². The number of hydrogen-bond acceptors (Lipinski definition) is 7. The number of rotatable bonds is 5. The van der Waals surface area contributed by atoms with Crippen LogP contribution in [-0.2, 0) is 24.2 Å². The molecule has 5 aromatic rings. The number of anilines is 1. The lowest BCUT2D eigenvalue weighted by Gasteiger charge is -2.46. The van der Waals surface area contributed by atoms with Crippen molar-refractivity contribution in [3.8, 4) is 0 Å². The monoisotopic (exact) mass is 582 g/mol. The Morgan fingerprint density at radius 1 is 0.951 bits per heavy atom. The summed E-state index contributed by atoms with van der Waals surface area (Å²) in [5.74, 6) is 0.875. The zero-order chi connectivity index (χ0) is 28.2. The van der Waals surface area contributed by atoms with Crippen molar-refractivity contribution in [1.29, 1.82) is 0 Å². The van der Waals surface area contributed by atoms with Crippen LogP contribution in [0, 0.1) is 5.41 Å². The van der Waals surface area contributed by atoms with Crippen molar-refractivity contribution in [1.82, 2.24) is 24.1 Å². The number of nitrogens with one attached hydrogen (secondary N) is 1. The van der Waals surface area contributed by atoms with Gasteiger partial charge in [0.05, 0.1) is 16.5 Å². The third-order valence-corrected chi connectivity index (χ3v) is 11.2. The topological polar surface area (TPSA) is 81.4 Å². The average Bonchev–Trinajstić information content (AvgIpc) is 3.60. The molecule has 4 heterocycles. The van der Waals surface area contributed by atoms with E-state index in [2.05, 4.69) is 55.4 Å². The summed E-state index contributed by atoms with van der Waals surface area (Å²) in [6.45, 7) is 7.72. The fourth-order valence-corrected chi connectivity index (χ4v) is 8.23. The summed E-state index contributed by atoms with van der Waals surface area (Å²) in [5.41, 5.74) is 4.75. The predicted octanol–water partition coefficient (Wildman–Crippen LogP) is 5.84. The smallest absolute Gasteiger partial charge is 0.211 e. The van der Waals surface area contributed by atoms with Crippen molar-refractivity contribution >= 4 is 45.6 Å². The number of fused-ring (bicyclic) bond motifs is 3. The van der Waals surface area contributed by atoms with E-state index in [0.717, 1.165) is 64.6 Å². The van der Waals surface area contributed by atoms with Gasteiger partial charge in [-0.25, -0.2) is 9.97 Å². The number of imidazole rings is 1. The van der Waals surface area contributed by atoms with E-state index in [-0.39, 0.29) is 16.2 Å². The van der Waals surface area contributed by atoms with Gasteiger partial charge in [-0.3, -0.25) is 9.38 Å². The zero-order valence-corrected chi connectivity index (χ0v) is 25.2. The van der Waals surface area contributed by atoms with Gasteiger partial charge in [0.1, 0.15) is 4.75 Å². The molecule has 3 aromatic heterocycles. The first-order chi connectivity index (χ1) is 19.8. The molecule has 0 bridgehead atoms. The maximum atomic E-state index is 13.4. The van der Waals surface area contributed by atoms with Crippen LogP contribution in [0.2, 0.25) is 0 Å². The van der Waals surface area contributed by atoms with E-state index in [9.17, 15) is 4.55 Å². The van der Waals surface area contributed by atoms with Crippen LogP contribution in [0.3, 0.4) is 0 Å². The fraction of sp³-hybridized carbons (Fsp3) is 0.344. The van der Waals surface area contributed by atoms with Gasteiger partial charge in [-0.05, 0) is 63.3 Å². The average molecular weight is 583 g/mol.